The average molecular weight is 244 g/mol. The molecule has 5 nitrogen and oxygen atoms in total. The fourth-order valence-corrected chi connectivity index (χ4v) is 1.39. The van der Waals surface area contributed by atoms with Crippen molar-refractivity contribution in [3.8, 4) is 11.5 Å². The van der Waals surface area contributed by atoms with E-state index in [9.17, 15) is 4.79 Å². The van der Waals surface area contributed by atoms with Gasteiger partial charge in [0.1, 0.15) is 5.82 Å². The number of pyridine rings is 1. The van der Waals surface area contributed by atoms with Crippen LogP contribution in [0.5, 0.6) is 11.5 Å². The molecule has 0 aliphatic heterocycles. The monoisotopic (exact) mass is 244 g/mol. The summed E-state index contributed by atoms with van der Waals surface area (Å²) >= 11 is 0. The lowest BCUT2D eigenvalue weighted by Crippen LogP contribution is -2.09. The van der Waals surface area contributed by atoms with Gasteiger partial charge in [0.25, 0.3) is 0 Å². The number of hydrogen-bond donors (Lipinski definition) is 1. The second-order valence-electron chi connectivity index (χ2n) is 3.51. The van der Waals surface area contributed by atoms with Gasteiger partial charge in [-0.15, -0.1) is 0 Å². The van der Waals surface area contributed by atoms with Gasteiger partial charge in [0, 0.05) is 6.20 Å². The van der Waals surface area contributed by atoms with E-state index in [-0.39, 0.29) is 0 Å². The Hall–Kier alpha value is -2.56. The van der Waals surface area contributed by atoms with Crippen molar-refractivity contribution in [2.45, 2.75) is 0 Å². The predicted molar refractivity (Wildman–Crippen MR) is 66.6 cm³/mol. The van der Waals surface area contributed by atoms with E-state index < -0.39 is 5.97 Å². The lowest BCUT2D eigenvalue weighted by molar-refractivity contribution is 0.0729. The molecule has 0 spiro atoms. The number of nitrogen functional groups attached to an aromatic ring is 1. The number of carbonyl (C=O) groups excluding carboxylic acids is 1. The van der Waals surface area contributed by atoms with Crippen molar-refractivity contribution < 1.29 is 14.3 Å². The van der Waals surface area contributed by atoms with Crippen LogP contribution in [0.3, 0.4) is 0 Å². The molecule has 2 rings (SSSR count). The number of rotatable bonds is 3. The van der Waals surface area contributed by atoms with Crippen LogP contribution in [0.25, 0.3) is 0 Å². The molecule has 0 unspecified atom stereocenters. The molecule has 1 aromatic carbocycles. The van der Waals surface area contributed by atoms with Gasteiger partial charge in [-0.1, -0.05) is 12.1 Å². The average Bonchev–Trinajstić information content (AvgIpc) is 2.40. The Morgan fingerprint density at radius 3 is 2.50 bits per heavy atom. The molecule has 5 heteroatoms. The molecule has 2 N–H and O–H groups in total. The minimum absolute atomic E-state index is 0.329. The first-order valence-electron chi connectivity index (χ1n) is 5.27. The molecule has 0 bridgehead atoms. The zero-order chi connectivity index (χ0) is 13.0. The summed E-state index contributed by atoms with van der Waals surface area (Å²) in [5.74, 6) is 0.701. The van der Waals surface area contributed by atoms with Crippen LogP contribution >= 0.6 is 0 Å². The first-order chi connectivity index (χ1) is 8.70. The fourth-order valence-electron chi connectivity index (χ4n) is 1.39. The van der Waals surface area contributed by atoms with Crippen LogP contribution < -0.4 is 15.2 Å². The molecule has 0 saturated carbocycles. The summed E-state index contributed by atoms with van der Waals surface area (Å²) in [6.07, 6.45) is 1.37. The maximum absolute atomic E-state index is 11.8. The van der Waals surface area contributed by atoms with E-state index in [1.54, 1.807) is 36.4 Å². The third kappa shape index (κ3) is 2.57. The van der Waals surface area contributed by atoms with Crippen LogP contribution in [0.2, 0.25) is 0 Å². The van der Waals surface area contributed by atoms with Crippen LogP contribution in [-0.4, -0.2) is 18.1 Å². The maximum Gasteiger partial charge on any atom is 0.345 e. The molecule has 1 heterocycles. The summed E-state index contributed by atoms with van der Waals surface area (Å²) in [5, 5.41) is 0. The van der Waals surface area contributed by atoms with Crippen molar-refractivity contribution in [3.05, 3.63) is 48.2 Å². The van der Waals surface area contributed by atoms with Gasteiger partial charge in [-0.2, -0.15) is 0 Å². The molecular weight excluding hydrogens is 232 g/mol. The van der Waals surface area contributed by atoms with Crippen LogP contribution in [0.15, 0.2) is 42.6 Å². The largest absolute Gasteiger partial charge is 0.493 e. The quantitative estimate of drug-likeness (QED) is 0.659. The number of anilines is 1. The van der Waals surface area contributed by atoms with Gasteiger partial charge in [-0.25, -0.2) is 9.78 Å². The number of aromatic nitrogens is 1. The van der Waals surface area contributed by atoms with E-state index in [2.05, 4.69) is 4.98 Å². The number of ether oxygens (including phenoxy) is 2. The molecule has 0 saturated heterocycles. The van der Waals surface area contributed by atoms with E-state index in [0.29, 0.717) is 22.9 Å². The Balaban J connectivity index is 2.18. The second kappa shape index (κ2) is 5.18. The smallest absolute Gasteiger partial charge is 0.345 e. The number of nitrogens with zero attached hydrogens (tertiary/aromatic N) is 1. The number of methoxy groups -OCH3 is 1. The lowest BCUT2D eigenvalue weighted by atomic mass is 10.3. The first-order valence-corrected chi connectivity index (χ1v) is 5.27. The van der Waals surface area contributed by atoms with E-state index in [0.717, 1.165) is 0 Å². The summed E-state index contributed by atoms with van der Waals surface area (Å²) in [5.41, 5.74) is 5.77. The minimum atomic E-state index is -0.507. The number of para-hydroxylation sites is 2. The normalized spacial score (nSPS) is 9.83. The standard InChI is InChI=1S/C13H12N2O3/c1-17-10-4-2-3-5-11(10)18-13(16)9-6-7-12(14)15-8-9/h2-8H,1H3,(H2,14,15). The third-order valence-electron chi connectivity index (χ3n) is 2.29. The van der Waals surface area contributed by atoms with Gasteiger partial charge in [0.05, 0.1) is 12.7 Å². The van der Waals surface area contributed by atoms with Crippen LogP contribution in [-0.2, 0) is 0 Å². The van der Waals surface area contributed by atoms with Gasteiger partial charge in [0.2, 0.25) is 0 Å². The van der Waals surface area contributed by atoms with Crippen molar-refractivity contribution in [2.75, 3.05) is 12.8 Å². The first kappa shape index (κ1) is 11.9. The molecular formula is C13H12N2O3. The highest BCUT2D eigenvalue weighted by Gasteiger charge is 2.11. The topological polar surface area (TPSA) is 74.4 Å². The van der Waals surface area contributed by atoms with E-state index in [1.165, 1.54) is 13.3 Å². The zero-order valence-corrected chi connectivity index (χ0v) is 9.79. The van der Waals surface area contributed by atoms with Crippen LogP contribution in [0.4, 0.5) is 5.82 Å². The van der Waals surface area contributed by atoms with Crippen molar-refractivity contribution in [2.24, 2.45) is 0 Å². The SMILES string of the molecule is COc1ccccc1OC(=O)c1ccc(N)nc1. The zero-order valence-electron chi connectivity index (χ0n) is 9.79. The molecule has 0 aliphatic rings. The highest BCUT2D eigenvalue weighted by Crippen LogP contribution is 2.26. The number of esters is 1. The Bertz CT molecular complexity index is 552. The molecule has 1 aromatic heterocycles. The van der Waals surface area contributed by atoms with Crippen molar-refractivity contribution in [1.29, 1.82) is 0 Å². The van der Waals surface area contributed by atoms with E-state index in [4.69, 9.17) is 15.2 Å². The van der Waals surface area contributed by atoms with Crippen molar-refractivity contribution >= 4 is 11.8 Å². The van der Waals surface area contributed by atoms with Gasteiger partial charge >= 0.3 is 5.97 Å². The minimum Gasteiger partial charge on any atom is -0.493 e. The Morgan fingerprint density at radius 2 is 1.89 bits per heavy atom. The number of nitrogens with two attached hydrogens (primary N) is 1. The van der Waals surface area contributed by atoms with Crippen LogP contribution in [0, 0.1) is 0 Å². The summed E-state index contributed by atoms with van der Waals surface area (Å²) in [4.78, 5) is 15.7. The van der Waals surface area contributed by atoms with Crippen LogP contribution in [0.1, 0.15) is 10.4 Å². The molecule has 0 aliphatic carbocycles. The molecule has 2 aromatic rings. The summed E-state index contributed by atoms with van der Waals surface area (Å²) in [7, 11) is 1.51. The predicted octanol–water partition coefficient (Wildman–Crippen LogP) is 1.89. The number of benzene rings is 1. The van der Waals surface area contributed by atoms with E-state index >= 15 is 0 Å². The van der Waals surface area contributed by atoms with Gasteiger partial charge < -0.3 is 15.2 Å². The third-order valence-corrected chi connectivity index (χ3v) is 2.29. The van der Waals surface area contributed by atoms with E-state index in [1.807, 2.05) is 0 Å². The maximum atomic E-state index is 11.8. The van der Waals surface area contributed by atoms with Gasteiger partial charge in [-0.05, 0) is 24.3 Å². The van der Waals surface area contributed by atoms with Crippen molar-refractivity contribution in [3.63, 3.8) is 0 Å². The number of carbonyl (C=O) groups is 1. The Kier molecular flexibility index (Phi) is 3.43. The molecule has 92 valence electrons. The Morgan fingerprint density at radius 1 is 1.17 bits per heavy atom. The molecule has 0 radical (unpaired) electrons. The van der Waals surface area contributed by atoms with Gasteiger partial charge in [-0.3, -0.25) is 0 Å². The Labute approximate surface area is 104 Å². The fraction of sp³-hybridized carbons (Fsp3) is 0.0769. The summed E-state index contributed by atoms with van der Waals surface area (Å²) in [6, 6.07) is 10.0. The molecule has 0 atom stereocenters. The van der Waals surface area contributed by atoms with Crippen molar-refractivity contribution in [1.82, 2.24) is 4.98 Å². The lowest BCUT2D eigenvalue weighted by Gasteiger charge is -2.08. The van der Waals surface area contributed by atoms with Gasteiger partial charge in [0.15, 0.2) is 11.5 Å². The summed E-state index contributed by atoms with van der Waals surface area (Å²) in [6.45, 7) is 0. The highest BCUT2D eigenvalue weighted by atomic mass is 16.6. The molecule has 0 amide bonds. The highest BCUT2D eigenvalue weighted by molar-refractivity contribution is 5.91. The summed E-state index contributed by atoms with van der Waals surface area (Å²) < 4.78 is 10.3. The number of hydrogen-bond acceptors (Lipinski definition) is 5. The molecule has 18 heavy (non-hydrogen) atoms. The second-order valence-corrected chi connectivity index (χ2v) is 3.51. The molecule has 0 fully saturated rings.